The Labute approximate surface area is 217 Å². The van der Waals surface area contributed by atoms with Crippen LogP contribution in [0.3, 0.4) is 0 Å². The molecule has 0 atom stereocenters. The molecule has 0 saturated heterocycles. The predicted molar refractivity (Wildman–Crippen MR) is 148 cm³/mol. The van der Waals surface area contributed by atoms with Crippen LogP contribution in [0.5, 0.6) is 11.5 Å². The molecule has 0 fully saturated rings. The second-order valence-electron chi connectivity index (χ2n) is 10.1. The number of fused-ring (bicyclic) bond motifs is 1. The van der Waals surface area contributed by atoms with Gasteiger partial charge in [0.15, 0.2) is 16.9 Å². The summed E-state index contributed by atoms with van der Waals surface area (Å²) in [6.07, 6.45) is 0. The lowest BCUT2D eigenvalue weighted by Crippen LogP contribution is -2.12. The quantitative estimate of drug-likeness (QED) is 0.233. The lowest BCUT2D eigenvalue weighted by atomic mass is 9.86. The number of hydrogen-bond donors (Lipinski definition) is 0. The van der Waals surface area contributed by atoms with Crippen LogP contribution in [0.1, 0.15) is 37.5 Å². The van der Waals surface area contributed by atoms with Gasteiger partial charge in [0.05, 0.1) is 5.39 Å². The highest BCUT2D eigenvalue weighted by molar-refractivity contribution is 5.80. The molecule has 0 aliphatic heterocycles. The van der Waals surface area contributed by atoms with Crippen molar-refractivity contribution in [2.45, 2.75) is 39.4 Å². The first-order valence-corrected chi connectivity index (χ1v) is 12.4. The van der Waals surface area contributed by atoms with E-state index in [4.69, 9.17) is 13.9 Å². The standard InChI is InChI=1S/C33H30O4/c1-33(2,3)26-15-17-29-27(19-26)28(34)20-31(37-29)25-14-16-30(35-21-23-10-6-4-7-11-23)32(18-25)36-22-24-12-8-5-9-13-24/h4-20H,21-22H2,1-3H3. The Morgan fingerprint density at radius 3 is 1.92 bits per heavy atom. The summed E-state index contributed by atoms with van der Waals surface area (Å²) in [6, 6.07) is 33.0. The van der Waals surface area contributed by atoms with E-state index < -0.39 is 0 Å². The topological polar surface area (TPSA) is 48.7 Å². The lowest BCUT2D eigenvalue weighted by Gasteiger charge is -2.19. The van der Waals surface area contributed by atoms with Gasteiger partial charge in [-0.25, -0.2) is 0 Å². The summed E-state index contributed by atoms with van der Waals surface area (Å²) >= 11 is 0. The molecule has 5 aromatic rings. The van der Waals surface area contributed by atoms with Crippen LogP contribution >= 0.6 is 0 Å². The van der Waals surface area contributed by atoms with E-state index in [9.17, 15) is 4.79 Å². The van der Waals surface area contributed by atoms with E-state index >= 15 is 0 Å². The Balaban J connectivity index is 1.49. The van der Waals surface area contributed by atoms with E-state index in [1.54, 1.807) is 6.07 Å². The molecule has 0 radical (unpaired) electrons. The monoisotopic (exact) mass is 490 g/mol. The van der Waals surface area contributed by atoms with E-state index in [0.717, 1.165) is 22.3 Å². The average Bonchev–Trinajstić information content (AvgIpc) is 2.91. The molecule has 0 amide bonds. The number of ether oxygens (including phenoxy) is 2. The minimum Gasteiger partial charge on any atom is -0.485 e. The maximum atomic E-state index is 13.1. The van der Waals surface area contributed by atoms with Gasteiger partial charge in [0.1, 0.15) is 24.6 Å². The van der Waals surface area contributed by atoms with Crippen molar-refractivity contribution in [2.24, 2.45) is 0 Å². The number of benzene rings is 4. The fraction of sp³-hybridized carbons (Fsp3) is 0.182. The summed E-state index contributed by atoms with van der Waals surface area (Å²) in [5, 5.41) is 0.583. The summed E-state index contributed by atoms with van der Waals surface area (Å²) in [6.45, 7) is 7.19. The van der Waals surface area contributed by atoms with Crippen LogP contribution in [-0.2, 0) is 18.6 Å². The van der Waals surface area contributed by atoms with Gasteiger partial charge >= 0.3 is 0 Å². The molecule has 4 heteroatoms. The third kappa shape index (κ3) is 5.75. The molecule has 1 heterocycles. The maximum absolute atomic E-state index is 13.1. The van der Waals surface area contributed by atoms with Crippen LogP contribution < -0.4 is 14.9 Å². The van der Waals surface area contributed by atoms with Crippen LogP contribution in [0.2, 0.25) is 0 Å². The first-order valence-electron chi connectivity index (χ1n) is 12.4. The van der Waals surface area contributed by atoms with Gasteiger partial charge in [0, 0.05) is 11.6 Å². The van der Waals surface area contributed by atoms with Gasteiger partial charge < -0.3 is 13.9 Å². The molecule has 0 unspecified atom stereocenters. The van der Waals surface area contributed by atoms with Gasteiger partial charge in [-0.3, -0.25) is 4.79 Å². The predicted octanol–water partition coefficient (Wildman–Crippen LogP) is 7.92. The minimum atomic E-state index is -0.0708. The van der Waals surface area contributed by atoms with Crippen molar-refractivity contribution in [3.05, 3.63) is 130 Å². The summed E-state index contributed by atoms with van der Waals surface area (Å²) in [7, 11) is 0. The number of hydrogen-bond acceptors (Lipinski definition) is 4. The van der Waals surface area contributed by atoms with Crippen LogP contribution in [0.15, 0.2) is 112 Å². The molecule has 0 N–H and O–H groups in total. The molecule has 1 aromatic heterocycles. The van der Waals surface area contributed by atoms with E-state index in [1.165, 1.54) is 0 Å². The van der Waals surface area contributed by atoms with Crippen molar-refractivity contribution in [3.8, 4) is 22.8 Å². The first kappa shape index (κ1) is 24.4. The van der Waals surface area contributed by atoms with Crippen LogP contribution in [-0.4, -0.2) is 0 Å². The smallest absolute Gasteiger partial charge is 0.193 e. The van der Waals surface area contributed by atoms with E-state index in [-0.39, 0.29) is 10.8 Å². The zero-order chi connectivity index (χ0) is 25.8. The molecule has 4 nitrogen and oxygen atoms in total. The van der Waals surface area contributed by atoms with Crippen LogP contribution in [0.25, 0.3) is 22.3 Å². The highest BCUT2D eigenvalue weighted by Gasteiger charge is 2.17. The zero-order valence-electron chi connectivity index (χ0n) is 21.4. The van der Waals surface area contributed by atoms with Gasteiger partial charge in [0.2, 0.25) is 0 Å². The molecule has 0 bridgehead atoms. The molecule has 0 aliphatic rings. The first-order chi connectivity index (χ1) is 17.9. The van der Waals surface area contributed by atoms with Gasteiger partial charge in [0.25, 0.3) is 0 Å². The van der Waals surface area contributed by atoms with E-state index in [0.29, 0.717) is 41.4 Å². The summed E-state index contributed by atoms with van der Waals surface area (Å²) in [5.74, 6) is 1.70. The molecule has 186 valence electrons. The normalized spacial score (nSPS) is 11.4. The van der Waals surface area contributed by atoms with Gasteiger partial charge in [-0.15, -0.1) is 0 Å². The second kappa shape index (κ2) is 10.4. The highest BCUT2D eigenvalue weighted by Crippen LogP contribution is 2.35. The number of rotatable bonds is 7. The SMILES string of the molecule is CC(C)(C)c1ccc2oc(-c3ccc(OCc4ccccc4)c(OCc4ccccc4)c3)cc(=O)c2c1. The fourth-order valence-electron chi connectivity index (χ4n) is 4.13. The van der Waals surface area contributed by atoms with Crippen molar-refractivity contribution in [2.75, 3.05) is 0 Å². The molecule has 4 aromatic carbocycles. The average molecular weight is 491 g/mol. The Bertz CT molecular complexity index is 1560. The molecule has 5 rings (SSSR count). The molecule has 0 spiro atoms. The third-order valence-corrected chi connectivity index (χ3v) is 6.30. The Morgan fingerprint density at radius 2 is 1.30 bits per heavy atom. The van der Waals surface area contributed by atoms with Gasteiger partial charge in [-0.2, -0.15) is 0 Å². The van der Waals surface area contributed by atoms with E-state index in [2.05, 4.69) is 20.8 Å². The van der Waals surface area contributed by atoms with Crippen molar-refractivity contribution in [3.63, 3.8) is 0 Å². The third-order valence-electron chi connectivity index (χ3n) is 6.30. The van der Waals surface area contributed by atoms with Crippen molar-refractivity contribution in [1.82, 2.24) is 0 Å². The summed E-state index contributed by atoms with van der Waals surface area (Å²) < 4.78 is 18.5. The van der Waals surface area contributed by atoms with Crippen LogP contribution in [0.4, 0.5) is 0 Å². The Morgan fingerprint density at radius 1 is 0.676 bits per heavy atom. The molecule has 0 aliphatic carbocycles. The van der Waals surface area contributed by atoms with Crippen molar-refractivity contribution in [1.29, 1.82) is 0 Å². The fourth-order valence-corrected chi connectivity index (χ4v) is 4.13. The summed E-state index contributed by atoms with van der Waals surface area (Å²) in [4.78, 5) is 13.1. The second-order valence-corrected chi connectivity index (χ2v) is 10.1. The van der Waals surface area contributed by atoms with Gasteiger partial charge in [-0.1, -0.05) is 87.5 Å². The Kier molecular flexibility index (Phi) is 6.82. The lowest BCUT2D eigenvalue weighted by molar-refractivity contribution is 0.256. The molecule has 0 saturated carbocycles. The molecular formula is C33H30O4. The van der Waals surface area contributed by atoms with Crippen molar-refractivity contribution < 1.29 is 13.9 Å². The van der Waals surface area contributed by atoms with Gasteiger partial charge in [-0.05, 0) is 52.4 Å². The molecule has 37 heavy (non-hydrogen) atoms. The Hall–Kier alpha value is -4.31. The van der Waals surface area contributed by atoms with Crippen molar-refractivity contribution >= 4 is 11.0 Å². The maximum Gasteiger partial charge on any atom is 0.193 e. The highest BCUT2D eigenvalue weighted by atomic mass is 16.5. The zero-order valence-corrected chi connectivity index (χ0v) is 21.4. The summed E-state index contributed by atoms with van der Waals surface area (Å²) in [5.41, 5.74) is 4.39. The molecular weight excluding hydrogens is 460 g/mol. The van der Waals surface area contributed by atoms with E-state index in [1.807, 2.05) is 97.1 Å². The van der Waals surface area contributed by atoms with Crippen LogP contribution in [0, 0.1) is 0 Å². The minimum absolute atomic E-state index is 0.0557. The largest absolute Gasteiger partial charge is 0.485 e.